The Hall–Kier alpha value is -7.32. The number of aliphatic hydroxyl groups is 1. The smallest absolute Gasteiger partial charge is 0.352 e. The molecule has 1 saturated heterocycles. The number of benzene rings is 6. The van der Waals surface area contributed by atoms with Gasteiger partial charge in [-0.3, -0.25) is 14.5 Å². The minimum atomic E-state index is -1.36. The number of anilines is 1. The normalized spacial score (nSPS) is 16.4. The molecule has 13 heteroatoms. The van der Waals surface area contributed by atoms with Gasteiger partial charge in [-0.2, -0.15) is 0 Å². The number of carbonyl (C=O) groups excluding carboxylic acids is 2. The van der Waals surface area contributed by atoms with Gasteiger partial charge < -0.3 is 25.7 Å². The number of carboxylic acid groups (broad SMARTS) is 1. The highest BCUT2D eigenvalue weighted by molar-refractivity contribution is 8.00. The number of β-lactam (4-membered cyclic amide) rings is 1. The lowest BCUT2D eigenvalue weighted by molar-refractivity contribution is -0.150. The molecule has 0 radical (unpaired) electrons. The van der Waals surface area contributed by atoms with Crippen LogP contribution in [0.5, 0.6) is 0 Å². The van der Waals surface area contributed by atoms with E-state index in [2.05, 4.69) is 47.0 Å². The molecule has 11 nitrogen and oxygen atoms in total. The van der Waals surface area contributed by atoms with E-state index in [0.29, 0.717) is 5.13 Å². The van der Waals surface area contributed by atoms with Gasteiger partial charge in [-0.05, 0) is 22.3 Å². The van der Waals surface area contributed by atoms with Crippen LogP contribution in [0.4, 0.5) is 5.13 Å². The topological polar surface area (TPSA) is 153 Å². The third kappa shape index (κ3) is 7.63. The van der Waals surface area contributed by atoms with Crippen LogP contribution in [0.15, 0.2) is 204 Å². The first-order valence-corrected chi connectivity index (χ1v) is 22.4. The predicted molar refractivity (Wildman–Crippen MR) is 249 cm³/mol. The Bertz CT molecular complexity index is 2630. The molecule has 1 fully saturated rings. The van der Waals surface area contributed by atoms with Crippen molar-refractivity contribution in [3.05, 3.63) is 238 Å². The van der Waals surface area contributed by atoms with Crippen molar-refractivity contribution < 1.29 is 29.4 Å². The SMILES string of the molecule is O=C(O)C1=C(CO)CS[C@H]2[C@H](NC(=O)C(=NOC(c3ccccc3)(c3ccccc3)c3ccccc3)c3csc(NC(c4ccccc4)(c4ccccc4)c4ccccc4)n3)C(=O)N12. The number of fused-ring (bicyclic) bond motifs is 1. The van der Waals surface area contributed by atoms with Crippen LogP contribution < -0.4 is 10.6 Å². The van der Waals surface area contributed by atoms with E-state index in [-0.39, 0.29) is 28.4 Å². The zero-order valence-corrected chi connectivity index (χ0v) is 35.8. The van der Waals surface area contributed by atoms with Crippen LogP contribution in [0.2, 0.25) is 0 Å². The van der Waals surface area contributed by atoms with Crippen molar-refractivity contribution in [1.29, 1.82) is 0 Å². The summed E-state index contributed by atoms with van der Waals surface area (Å²) >= 11 is 2.54. The maximum absolute atomic E-state index is 14.9. The molecule has 0 saturated carbocycles. The first-order valence-electron chi connectivity index (χ1n) is 20.5. The lowest BCUT2D eigenvalue weighted by Gasteiger charge is -2.49. The molecule has 3 heterocycles. The van der Waals surface area contributed by atoms with Crippen LogP contribution in [-0.2, 0) is 30.4 Å². The summed E-state index contributed by atoms with van der Waals surface area (Å²) in [6.45, 7) is -0.511. The van der Waals surface area contributed by atoms with Crippen LogP contribution >= 0.6 is 23.1 Å². The van der Waals surface area contributed by atoms with E-state index >= 15 is 0 Å². The van der Waals surface area contributed by atoms with E-state index < -0.39 is 46.9 Å². The average molecular weight is 884 g/mol. The lowest BCUT2D eigenvalue weighted by Crippen LogP contribution is -2.71. The summed E-state index contributed by atoms with van der Waals surface area (Å²) in [5.74, 6) is -2.54. The lowest BCUT2D eigenvalue weighted by atomic mass is 9.77. The molecule has 0 bridgehead atoms. The number of aromatic nitrogens is 1. The highest BCUT2D eigenvalue weighted by atomic mass is 32.2. The molecular formula is C51H41N5O6S2. The van der Waals surface area contributed by atoms with Gasteiger partial charge >= 0.3 is 5.97 Å². The summed E-state index contributed by atoms with van der Waals surface area (Å²) in [5, 5.41) is 32.7. The van der Waals surface area contributed by atoms with Gasteiger partial charge in [0, 0.05) is 27.8 Å². The molecular weight excluding hydrogens is 843 g/mol. The van der Waals surface area contributed by atoms with Crippen molar-refractivity contribution in [3.63, 3.8) is 0 Å². The maximum atomic E-state index is 14.9. The van der Waals surface area contributed by atoms with Gasteiger partial charge in [-0.25, -0.2) is 9.78 Å². The van der Waals surface area contributed by atoms with E-state index in [0.717, 1.165) is 38.3 Å². The number of hydrogen-bond donors (Lipinski definition) is 4. The van der Waals surface area contributed by atoms with Crippen LogP contribution in [-0.4, -0.2) is 67.4 Å². The summed E-state index contributed by atoms with van der Waals surface area (Å²) in [4.78, 5) is 53.9. The molecule has 4 N–H and O–H groups in total. The summed E-state index contributed by atoms with van der Waals surface area (Å²) in [6.07, 6.45) is 0. The number of hydrogen-bond acceptors (Lipinski definition) is 10. The summed E-state index contributed by atoms with van der Waals surface area (Å²) in [5.41, 5.74) is 2.71. The Kier molecular flexibility index (Phi) is 11.9. The molecule has 2 aliphatic rings. The highest BCUT2D eigenvalue weighted by Crippen LogP contribution is 2.44. The number of thioether (sulfide) groups is 1. The Morgan fingerprint density at radius 1 is 0.703 bits per heavy atom. The molecule has 6 aromatic carbocycles. The first kappa shape index (κ1) is 42.0. The molecule has 318 valence electrons. The van der Waals surface area contributed by atoms with E-state index in [1.165, 1.54) is 23.1 Å². The number of nitrogens with zero attached hydrogens (tertiary/aromatic N) is 3. The molecule has 7 aromatic rings. The fourth-order valence-corrected chi connectivity index (χ4v) is 10.5. The van der Waals surface area contributed by atoms with E-state index in [1.54, 1.807) is 5.38 Å². The fraction of sp³-hybridized carbons (Fsp3) is 0.118. The molecule has 64 heavy (non-hydrogen) atoms. The number of aliphatic hydroxyl groups excluding tert-OH is 1. The fourth-order valence-electron chi connectivity index (χ4n) is 8.39. The second kappa shape index (κ2) is 18.2. The van der Waals surface area contributed by atoms with Crippen molar-refractivity contribution in [1.82, 2.24) is 15.2 Å². The number of rotatable bonds is 15. The Balaban J connectivity index is 1.17. The quantitative estimate of drug-likeness (QED) is 0.0348. The van der Waals surface area contributed by atoms with Crippen LogP contribution in [0.3, 0.4) is 0 Å². The molecule has 2 atom stereocenters. The molecule has 0 spiro atoms. The van der Waals surface area contributed by atoms with Crippen LogP contribution in [0.25, 0.3) is 0 Å². The van der Waals surface area contributed by atoms with Crippen LogP contribution in [0, 0.1) is 0 Å². The van der Waals surface area contributed by atoms with E-state index in [4.69, 9.17) is 15.0 Å². The Morgan fingerprint density at radius 3 is 1.56 bits per heavy atom. The number of thiazole rings is 1. The summed E-state index contributed by atoms with van der Waals surface area (Å²) < 4.78 is 0. The second-order valence-electron chi connectivity index (χ2n) is 15.1. The molecule has 1 aromatic heterocycles. The molecule has 9 rings (SSSR count). The van der Waals surface area contributed by atoms with Gasteiger partial charge in [0.05, 0.1) is 6.61 Å². The van der Waals surface area contributed by atoms with Gasteiger partial charge in [-0.1, -0.05) is 187 Å². The van der Waals surface area contributed by atoms with Gasteiger partial charge in [0.15, 0.2) is 10.8 Å². The highest BCUT2D eigenvalue weighted by Gasteiger charge is 2.54. The van der Waals surface area contributed by atoms with Gasteiger partial charge in [0.25, 0.3) is 11.8 Å². The summed E-state index contributed by atoms with van der Waals surface area (Å²) in [6, 6.07) is 57.9. The number of aliphatic carboxylic acids is 1. The van der Waals surface area contributed by atoms with Gasteiger partial charge in [0.1, 0.15) is 28.3 Å². The zero-order valence-electron chi connectivity index (χ0n) is 34.2. The molecule has 2 aliphatic heterocycles. The Labute approximate surface area is 377 Å². The first-order chi connectivity index (χ1) is 31.3. The van der Waals surface area contributed by atoms with Gasteiger partial charge in [0.2, 0.25) is 5.60 Å². The van der Waals surface area contributed by atoms with Crippen molar-refractivity contribution in [3.8, 4) is 0 Å². The number of carboxylic acids is 1. The minimum Gasteiger partial charge on any atom is -0.477 e. The summed E-state index contributed by atoms with van der Waals surface area (Å²) in [7, 11) is 0. The largest absolute Gasteiger partial charge is 0.477 e. The Morgan fingerprint density at radius 2 is 1.14 bits per heavy atom. The third-order valence-electron chi connectivity index (χ3n) is 11.4. The second-order valence-corrected chi connectivity index (χ2v) is 17.1. The number of nitrogens with one attached hydrogen (secondary N) is 2. The molecule has 2 amide bonds. The van der Waals surface area contributed by atoms with Crippen molar-refractivity contribution in [2.75, 3.05) is 17.7 Å². The molecule has 0 unspecified atom stereocenters. The number of oxime groups is 1. The minimum absolute atomic E-state index is 0.170. The van der Waals surface area contributed by atoms with Crippen molar-refractivity contribution in [2.24, 2.45) is 5.16 Å². The van der Waals surface area contributed by atoms with Crippen LogP contribution in [0.1, 0.15) is 39.1 Å². The monoisotopic (exact) mass is 883 g/mol. The predicted octanol–water partition coefficient (Wildman–Crippen LogP) is 7.99. The van der Waals surface area contributed by atoms with Gasteiger partial charge in [-0.15, -0.1) is 23.1 Å². The van der Waals surface area contributed by atoms with E-state index in [1.807, 2.05) is 146 Å². The van der Waals surface area contributed by atoms with Crippen molar-refractivity contribution in [2.45, 2.75) is 22.6 Å². The standard InChI is InChI=1S/C51H41N5O6S2/c57-31-34-32-63-47-43(46(59)56(47)44(34)48(60)61)53-45(58)42(55-62-51(38-25-13-4-14-26-38,39-27-15-5-16-28-39)40-29-17-6-18-30-40)41-33-64-49(52-41)54-50(35-19-7-1-8-20-35,36-21-9-2-10-22-36)37-23-11-3-12-24-37/h1-30,33,43,47,57H,31-32H2,(H,52,54)(H,53,58)(H,60,61)/t43-,47+/m1/s1. The third-order valence-corrected chi connectivity index (χ3v) is 13.5. The number of carbonyl (C=O) groups is 3. The maximum Gasteiger partial charge on any atom is 0.352 e. The average Bonchev–Trinajstić information content (AvgIpc) is 3.82. The van der Waals surface area contributed by atoms with Crippen molar-refractivity contribution >= 4 is 51.7 Å². The molecule has 0 aliphatic carbocycles. The number of amides is 2. The zero-order chi connectivity index (χ0) is 44.1. The van der Waals surface area contributed by atoms with E-state index in [9.17, 15) is 24.6 Å².